The predicted molar refractivity (Wildman–Crippen MR) is 43.6 cm³/mol. The minimum absolute atomic E-state index is 0.206. The highest BCUT2D eigenvalue weighted by Gasteiger charge is 2.14. The summed E-state index contributed by atoms with van der Waals surface area (Å²) >= 11 is 0. The van der Waals surface area contributed by atoms with Crippen molar-refractivity contribution in [2.24, 2.45) is 5.41 Å². The average molecular weight is 140 g/mol. The molecule has 0 aliphatic carbocycles. The van der Waals surface area contributed by atoms with Gasteiger partial charge in [0, 0.05) is 13.0 Å². The van der Waals surface area contributed by atoms with Gasteiger partial charge in [-0.05, 0) is 18.3 Å². The van der Waals surface area contributed by atoms with E-state index in [9.17, 15) is 0 Å². The molecule has 0 saturated heterocycles. The second-order valence-corrected chi connectivity index (χ2v) is 3.37. The minimum atomic E-state index is 0.206. The van der Waals surface area contributed by atoms with Gasteiger partial charge in [0.15, 0.2) is 0 Å². The first-order chi connectivity index (χ1) is 4.62. The van der Waals surface area contributed by atoms with Crippen LogP contribution in [0.25, 0.3) is 0 Å². The van der Waals surface area contributed by atoms with E-state index in [1.165, 1.54) is 0 Å². The largest absolute Gasteiger partial charge is 0.396 e. The molecule has 0 aromatic rings. The Morgan fingerprint density at radius 1 is 1.50 bits per heavy atom. The Balaban J connectivity index is 3.55. The van der Waals surface area contributed by atoms with Gasteiger partial charge < -0.3 is 5.11 Å². The van der Waals surface area contributed by atoms with Gasteiger partial charge in [-0.2, -0.15) is 0 Å². The zero-order valence-corrected chi connectivity index (χ0v) is 6.85. The number of terminal acetylenes is 1. The first-order valence-corrected chi connectivity index (χ1v) is 3.67. The molecule has 1 heteroatoms. The Labute approximate surface area is 63.5 Å². The molecule has 1 nitrogen and oxygen atoms in total. The first-order valence-electron chi connectivity index (χ1n) is 3.67. The molecule has 1 N–H and O–H groups in total. The van der Waals surface area contributed by atoms with E-state index in [4.69, 9.17) is 11.5 Å². The Hall–Kier alpha value is -0.480. The van der Waals surface area contributed by atoms with E-state index >= 15 is 0 Å². The molecule has 0 aromatic heterocycles. The van der Waals surface area contributed by atoms with Crippen LogP contribution in [-0.4, -0.2) is 11.7 Å². The van der Waals surface area contributed by atoms with Crippen LogP contribution >= 0.6 is 0 Å². The molecule has 0 unspecified atom stereocenters. The number of aliphatic hydroxyl groups is 1. The quantitative estimate of drug-likeness (QED) is 0.590. The van der Waals surface area contributed by atoms with Gasteiger partial charge in [0.1, 0.15) is 0 Å². The van der Waals surface area contributed by atoms with Crippen molar-refractivity contribution in [3.63, 3.8) is 0 Å². The van der Waals surface area contributed by atoms with Crippen molar-refractivity contribution in [2.45, 2.75) is 33.1 Å². The zero-order valence-electron chi connectivity index (χ0n) is 6.85. The van der Waals surface area contributed by atoms with Crippen molar-refractivity contribution in [2.75, 3.05) is 6.61 Å². The summed E-state index contributed by atoms with van der Waals surface area (Å²) in [6.07, 6.45) is 7.84. The molecule has 0 fully saturated rings. The van der Waals surface area contributed by atoms with Gasteiger partial charge in [-0.1, -0.05) is 13.8 Å². The SMILES string of the molecule is C#CCC(C)(C)CCCO. The molecular formula is C9H16O. The third kappa shape index (κ3) is 4.40. The molecule has 10 heavy (non-hydrogen) atoms. The van der Waals surface area contributed by atoms with E-state index in [2.05, 4.69) is 19.8 Å². The van der Waals surface area contributed by atoms with E-state index in [-0.39, 0.29) is 12.0 Å². The summed E-state index contributed by atoms with van der Waals surface area (Å²) in [4.78, 5) is 0. The molecule has 0 spiro atoms. The Kier molecular flexibility index (Phi) is 4.14. The Morgan fingerprint density at radius 2 is 2.10 bits per heavy atom. The lowest BCUT2D eigenvalue weighted by Gasteiger charge is -2.20. The third-order valence-electron chi connectivity index (χ3n) is 1.59. The van der Waals surface area contributed by atoms with Crippen LogP contribution in [-0.2, 0) is 0 Å². The fourth-order valence-electron chi connectivity index (χ4n) is 0.922. The smallest absolute Gasteiger partial charge is 0.0431 e. The summed E-state index contributed by atoms with van der Waals surface area (Å²) in [5.74, 6) is 2.64. The van der Waals surface area contributed by atoms with Crippen LogP contribution in [0.1, 0.15) is 33.1 Å². The molecule has 0 atom stereocenters. The molecule has 0 amide bonds. The summed E-state index contributed by atoms with van der Waals surface area (Å²) in [5.41, 5.74) is 0.206. The van der Waals surface area contributed by atoms with Gasteiger partial charge in [-0.15, -0.1) is 12.3 Å². The molecule has 0 heterocycles. The fourth-order valence-corrected chi connectivity index (χ4v) is 0.922. The number of rotatable bonds is 4. The third-order valence-corrected chi connectivity index (χ3v) is 1.59. The lowest BCUT2D eigenvalue weighted by atomic mass is 9.85. The van der Waals surface area contributed by atoms with Crippen molar-refractivity contribution in [1.82, 2.24) is 0 Å². The molecule has 0 saturated carbocycles. The summed E-state index contributed by atoms with van der Waals surface area (Å²) in [7, 11) is 0. The fraction of sp³-hybridized carbons (Fsp3) is 0.778. The average Bonchev–Trinajstić information content (AvgIpc) is 1.84. The summed E-state index contributed by atoms with van der Waals surface area (Å²) in [6.45, 7) is 4.53. The molecule has 0 aliphatic heterocycles. The van der Waals surface area contributed by atoms with Crippen LogP contribution in [0, 0.1) is 17.8 Å². The number of aliphatic hydroxyl groups excluding tert-OH is 1. The minimum Gasteiger partial charge on any atom is -0.396 e. The topological polar surface area (TPSA) is 20.2 Å². The van der Waals surface area contributed by atoms with Crippen molar-refractivity contribution >= 4 is 0 Å². The Bertz CT molecular complexity index is 119. The van der Waals surface area contributed by atoms with Gasteiger partial charge in [0.2, 0.25) is 0 Å². The summed E-state index contributed by atoms with van der Waals surface area (Å²) in [6, 6.07) is 0. The van der Waals surface area contributed by atoms with Crippen LogP contribution in [0.15, 0.2) is 0 Å². The molecule has 0 aromatic carbocycles. The van der Waals surface area contributed by atoms with Crippen molar-refractivity contribution in [3.8, 4) is 12.3 Å². The van der Waals surface area contributed by atoms with E-state index in [1.807, 2.05) is 0 Å². The van der Waals surface area contributed by atoms with Gasteiger partial charge in [-0.25, -0.2) is 0 Å². The predicted octanol–water partition coefficient (Wildman–Crippen LogP) is 1.81. The lowest BCUT2D eigenvalue weighted by molar-refractivity contribution is 0.244. The lowest BCUT2D eigenvalue weighted by Crippen LogP contribution is -2.10. The summed E-state index contributed by atoms with van der Waals surface area (Å²) in [5, 5.41) is 8.55. The molecule has 0 aliphatic rings. The van der Waals surface area contributed by atoms with Crippen molar-refractivity contribution in [1.29, 1.82) is 0 Å². The highest BCUT2D eigenvalue weighted by molar-refractivity contribution is 4.90. The summed E-state index contributed by atoms with van der Waals surface area (Å²) < 4.78 is 0. The van der Waals surface area contributed by atoms with Crippen LogP contribution in [0.3, 0.4) is 0 Å². The van der Waals surface area contributed by atoms with Crippen LogP contribution in [0.4, 0.5) is 0 Å². The number of hydrogen-bond donors (Lipinski definition) is 1. The van der Waals surface area contributed by atoms with Crippen LogP contribution in [0.5, 0.6) is 0 Å². The van der Waals surface area contributed by atoms with Gasteiger partial charge in [0.25, 0.3) is 0 Å². The maximum atomic E-state index is 8.55. The molecule has 0 rings (SSSR count). The van der Waals surface area contributed by atoms with Crippen LogP contribution in [0.2, 0.25) is 0 Å². The standard InChI is InChI=1S/C9H16O/c1-4-6-9(2,3)7-5-8-10/h1,10H,5-8H2,2-3H3. The van der Waals surface area contributed by atoms with Gasteiger partial charge in [-0.3, -0.25) is 0 Å². The maximum absolute atomic E-state index is 8.55. The second kappa shape index (κ2) is 4.35. The number of hydrogen-bond acceptors (Lipinski definition) is 1. The normalized spacial score (nSPS) is 11.0. The maximum Gasteiger partial charge on any atom is 0.0431 e. The molecule has 0 bridgehead atoms. The van der Waals surface area contributed by atoms with E-state index in [0.29, 0.717) is 0 Å². The van der Waals surface area contributed by atoms with E-state index in [1.54, 1.807) is 0 Å². The highest BCUT2D eigenvalue weighted by Crippen LogP contribution is 2.25. The van der Waals surface area contributed by atoms with Crippen molar-refractivity contribution in [3.05, 3.63) is 0 Å². The second-order valence-electron chi connectivity index (χ2n) is 3.37. The monoisotopic (exact) mass is 140 g/mol. The van der Waals surface area contributed by atoms with Gasteiger partial charge >= 0.3 is 0 Å². The molecular weight excluding hydrogens is 124 g/mol. The van der Waals surface area contributed by atoms with E-state index in [0.717, 1.165) is 19.3 Å². The zero-order chi connectivity index (χ0) is 8.04. The van der Waals surface area contributed by atoms with E-state index < -0.39 is 0 Å². The first kappa shape index (κ1) is 9.52. The van der Waals surface area contributed by atoms with Gasteiger partial charge in [0.05, 0.1) is 0 Å². The van der Waals surface area contributed by atoms with Crippen molar-refractivity contribution < 1.29 is 5.11 Å². The molecule has 0 radical (unpaired) electrons. The molecule has 58 valence electrons. The Morgan fingerprint density at radius 3 is 2.50 bits per heavy atom. The van der Waals surface area contributed by atoms with Crippen LogP contribution < -0.4 is 0 Å². The highest BCUT2D eigenvalue weighted by atomic mass is 16.2.